The highest BCUT2D eigenvalue weighted by Crippen LogP contribution is 2.09. The molecule has 5 heteroatoms. The van der Waals surface area contributed by atoms with Gasteiger partial charge in [-0.15, -0.1) is 0 Å². The van der Waals surface area contributed by atoms with Crippen LogP contribution in [0.5, 0.6) is 0 Å². The second kappa shape index (κ2) is 6.85. The third-order valence-electron chi connectivity index (χ3n) is 3.21. The van der Waals surface area contributed by atoms with E-state index in [9.17, 15) is 19.1 Å². The Bertz CT molecular complexity index is 700. The molecule has 1 amide bonds. The Morgan fingerprint density at radius 3 is 2.55 bits per heavy atom. The van der Waals surface area contributed by atoms with Gasteiger partial charge in [0, 0.05) is 12.0 Å². The molecule has 0 saturated heterocycles. The van der Waals surface area contributed by atoms with E-state index in [1.54, 1.807) is 6.07 Å². The van der Waals surface area contributed by atoms with Gasteiger partial charge in [-0.3, -0.25) is 4.79 Å². The lowest BCUT2D eigenvalue weighted by molar-refractivity contribution is -0.139. The Morgan fingerprint density at radius 2 is 1.91 bits per heavy atom. The van der Waals surface area contributed by atoms with E-state index in [1.165, 1.54) is 18.2 Å². The molecule has 2 aromatic carbocycles. The van der Waals surface area contributed by atoms with Crippen molar-refractivity contribution in [3.8, 4) is 0 Å². The maximum atomic E-state index is 13.1. The lowest BCUT2D eigenvalue weighted by Crippen LogP contribution is -2.42. The minimum Gasteiger partial charge on any atom is -0.480 e. The summed E-state index contributed by atoms with van der Waals surface area (Å²) in [4.78, 5) is 23.4. The largest absolute Gasteiger partial charge is 0.480 e. The van der Waals surface area contributed by atoms with Crippen molar-refractivity contribution in [2.45, 2.75) is 19.4 Å². The highest BCUT2D eigenvalue weighted by molar-refractivity contribution is 5.96. The maximum Gasteiger partial charge on any atom is 0.326 e. The number of aryl methyl sites for hydroxylation is 1. The summed E-state index contributed by atoms with van der Waals surface area (Å²) in [5.41, 5.74) is 1.92. The molecule has 2 aromatic rings. The number of hydrogen-bond donors (Lipinski definition) is 2. The van der Waals surface area contributed by atoms with Crippen molar-refractivity contribution in [3.05, 3.63) is 71.0 Å². The first kappa shape index (κ1) is 15.7. The van der Waals surface area contributed by atoms with Crippen molar-refractivity contribution in [1.29, 1.82) is 0 Å². The number of carbonyl (C=O) groups excluding carboxylic acids is 1. The molecule has 0 unspecified atom stereocenters. The van der Waals surface area contributed by atoms with Crippen LogP contribution in [0.3, 0.4) is 0 Å². The quantitative estimate of drug-likeness (QED) is 0.892. The first-order chi connectivity index (χ1) is 10.5. The number of benzene rings is 2. The van der Waals surface area contributed by atoms with Gasteiger partial charge in [-0.05, 0) is 30.7 Å². The smallest absolute Gasteiger partial charge is 0.326 e. The van der Waals surface area contributed by atoms with Crippen molar-refractivity contribution in [3.63, 3.8) is 0 Å². The van der Waals surface area contributed by atoms with Gasteiger partial charge in [0.05, 0.1) is 0 Å². The number of halogens is 1. The van der Waals surface area contributed by atoms with E-state index in [2.05, 4.69) is 5.32 Å². The van der Waals surface area contributed by atoms with Crippen molar-refractivity contribution < 1.29 is 19.1 Å². The van der Waals surface area contributed by atoms with Crippen LogP contribution in [-0.4, -0.2) is 23.0 Å². The van der Waals surface area contributed by atoms with Crippen molar-refractivity contribution in [2.75, 3.05) is 0 Å². The lowest BCUT2D eigenvalue weighted by Gasteiger charge is -2.15. The Hall–Kier alpha value is -2.69. The summed E-state index contributed by atoms with van der Waals surface area (Å²) in [5.74, 6) is -2.29. The van der Waals surface area contributed by atoms with Gasteiger partial charge < -0.3 is 10.4 Å². The summed E-state index contributed by atoms with van der Waals surface area (Å²) in [6.07, 6.45) is 0.165. The first-order valence-corrected chi connectivity index (χ1v) is 6.80. The Balaban J connectivity index is 2.12. The highest BCUT2D eigenvalue weighted by Gasteiger charge is 2.21. The average molecular weight is 301 g/mol. The molecule has 0 aliphatic carbocycles. The molecule has 2 N–H and O–H groups in total. The molecule has 0 spiro atoms. The van der Waals surface area contributed by atoms with E-state index >= 15 is 0 Å². The summed E-state index contributed by atoms with van der Waals surface area (Å²) in [5, 5.41) is 11.7. The Morgan fingerprint density at radius 1 is 1.18 bits per heavy atom. The zero-order chi connectivity index (χ0) is 16.1. The Kier molecular flexibility index (Phi) is 4.88. The van der Waals surface area contributed by atoms with Crippen LogP contribution in [0.1, 0.15) is 21.5 Å². The maximum absolute atomic E-state index is 13.1. The number of carboxylic acids is 1. The van der Waals surface area contributed by atoms with Crippen molar-refractivity contribution >= 4 is 11.9 Å². The molecular formula is C17H16FNO3. The number of amides is 1. The fourth-order valence-electron chi connectivity index (χ4n) is 2.15. The van der Waals surface area contributed by atoms with E-state index in [0.29, 0.717) is 0 Å². The standard InChI is InChI=1S/C17H16FNO3/c1-11-4-2-5-12(8-11)9-15(17(21)22)19-16(20)13-6-3-7-14(18)10-13/h2-8,10,15H,9H2,1H3,(H,19,20)(H,21,22)/t15-/m1/s1. The van der Waals surface area contributed by atoms with Gasteiger partial charge in [0.2, 0.25) is 0 Å². The number of nitrogens with one attached hydrogen (secondary N) is 1. The van der Waals surface area contributed by atoms with Gasteiger partial charge in [-0.2, -0.15) is 0 Å². The zero-order valence-corrected chi connectivity index (χ0v) is 12.0. The SMILES string of the molecule is Cc1cccc(C[C@@H](NC(=O)c2cccc(F)c2)C(=O)O)c1. The van der Waals surface area contributed by atoms with E-state index in [-0.39, 0.29) is 12.0 Å². The van der Waals surface area contributed by atoms with Crippen LogP contribution in [0.25, 0.3) is 0 Å². The molecule has 0 bridgehead atoms. The van der Waals surface area contributed by atoms with Crippen LogP contribution < -0.4 is 5.32 Å². The van der Waals surface area contributed by atoms with Gasteiger partial charge in [-0.25, -0.2) is 9.18 Å². The third-order valence-corrected chi connectivity index (χ3v) is 3.21. The number of carboxylic acid groups (broad SMARTS) is 1. The van der Waals surface area contributed by atoms with E-state index in [0.717, 1.165) is 17.2 Å². The minimum absolute atomic E-state index is 0.0930. The predicted octanol–water partition coefficient (Wildman–Crippen LogP) is 2.56. The van der Waals surface area contributed by atoms with Crippen LogP contribution in [0.4, 0.5) is 4.39 Å². The molecule has 2 rings (SSSR count). The van der Waals surface area contributed by atoms with Crippen LogP contribution in [0.2, 0.25) is 0 Å². The summed E-state index contributed by atoms with van der Waals surface area (Å²) in [7, 11) is 0. The lowest BCUT2D eigenvalue weighted by atomic mass is 10.0. The summed E-state index contributed by atoms with van der Waals surface area (Å²) in [6.45, 7) is 1.91. The second-order valence-corrected chi connectivity index (χ2v) is 5.07. The molecule has 0 heterocycles. The average Bonchev–Trinajstić information content (AvgIpc) is 2.46. The van der Waals surface area contributed by atoms with Crippen LogP contribution in [0, 0.1) is 12.7 Å². The number of hydrogen-bond acceptors (Lipinski definition) is 2. The predicted molar refractivity (Wildman–Crippen MR) is 80.2 cm³/mol. The monoisotopic (exact) mass is 301 g/mol. The van der Waals surface area contributed by atoms with Crippen LogP contribution >= 0.6 is 0 Å². The van der Waals surface area contributed by atoms with Crippen molar-refractivity contribution in [1.82, 2.24) is 5.32 Å². The topological polar surface area (TPSA) is 66.4 Å². The molecule has 0 aliphatic heterocycles. The fraction of sp³-hybridized carbons (Fsp3) is 0.176. The highest BCUT2D eigenvalue weighted by atomic mass is 19.1. The van der Waals surface area contributed by atoms with Crippen LogP contribution in [-0.2, 0) is 11.2 Å². The van der Waals surface area contributed by atoms with E-state index < -0.39 is 23.7 Å². The molecule has 0 fully saturated rings. The number of aliphatic carboxylic acids is 1. The normalized spacial score (nSPS) is 11.7. The number of carbonyl (C=O) groups is 2. The molecule has 22 heavy (non-hydrogen) atoms. The van der Waals surface area contributed by atoms with E-state index in [4.69, 9.17) is 0 Å². The zero-order valence-electron chi connectivity index (χ0n) is 12.0. The summed E-state index contributed by atoms with van der Waals surface area (Å²) < 4.78 is 13.1. The molecular weight excluding hydrogens is 285 g/mol. The van der Waals surface area contributed by atoms with E-state index in [1.807, 2.05) is 25.1 Å². The second-order valence-electron chi connectivity index (χ2n) is 5.07. The summed E-state index contributed by atoms with van der Waals surface area (Å²) in [6, 6.07) is 11.5. The Labute approximate surface area is 127 Å². The van der Waals surface area contributed by atoms with Gasteiger partial charge in [0.1, 0.15) is 11.9 Å². The number of rotatable bonds is 5. The first-order valence-electron chi connectivity index (χ1n) is 6.80. The van der Waals surface area contributed by atoms with Gasteiger partial charge in [0.25, 0.3) is 5.91 Å². The minimum atomic E-state index is -1.13. The molecule has 0 saturated carbocycles. The van der Waals surface area contributed by atoms with Gasteiger partial charge in [-0.1, -0.05) is 35.9 Å². The van der Waals surface area contributed by atoms with Crippen molar-refractivity contribution in [2.24, 2.45) is 0 Å². The summed E-state index contributed by atoms with van der Waals surface area (Å²) >= 11 is 0. The molecule has 4 nitrogen and oxygen atoms in total. The third kappa shape index (κ3) is 4.15. The molecule has 0 aliphatic rings. The van der Waals surface area contributed by atoms with Crippen LogP contribution in [0.15, 0.2) is 48.5 Å². The molecule has 1 atom stereocenters. The van der Waals surface area contributed by atoms with Gasteiger partial charge in [0.15, 0.2) is 0 Å². The fourth-order valence-corrected chi connectivity index (χ4v) is 2.15. The van der Waals surface area contributed by atoms with Gasteiger partial charge >= 0.3 is 5.97 Å². The molecule has 0 radical (unpaired) electrons. The molecule has 0 aromatic heterocycles. The molecule has 114 valence electrons.